The monoisotopic (exact) mass is 497 g/mol. The van der Waals surface area contributed by atoms with Crippen LogP contribution in [0.2, 0.25) is 0 Å². The number of thiophene rings is 1. The summed E-state index contributed by atoms with van der Waals surface area (Å²) in [4.78, 5) is 27.7. The zero-order valence-electron chi connectivity index (χ0n) is 18.1. The number of ether oxygens (including phenoxy) is 1. The molecule has 4 aromatic rings. The molecule has 4 rings (SSSR count). The first-order valence-corrected chi connectivity index (χ1v) is 12.2. The summed E-state index contributed by atoms with van der Waals surface area (Å²) in [6, 6.07) is 16.6. The fourth-order valence-corrected chi connectivity index (χ4v) is 4.72. The van der Waals surface area contributed by atoms with Gasteiger partial charge >= 0.3 is 5.00 Å². The molecule has 7 nitrogen and oxygen atoms in total. The summed E-state index contributed by atoms with van der Waals surface area (Å²) in [5, 5.41) is 14.0. The Morgan fingerprint density at radius 2 is 1.88 bits per heavy atom. The Kier molecular flexibility index (Phi) is 7.29. The van der Waals surface area contributed by atoms with Crippen LogP contribution in [0, 0.1) is 15.9 Å². The second-order valence-corrected chi connectivity index (χ2v) is 9.36. The molecule has 0 fully saturated rings. The molecule has 34 heavy (non-hydrogen) atoms. The van der Waals surface area contributed by atoms with Crippen molar-refractivity contribution in [3.05, 3.63) is 87.0 Å². The van der Waals surface area contributed by atoms with Crippen molar-refractivity contribution in [1.29, 1.82) is 0 Å². The lowest BCUT2D eigenvalue weighted by molar-refractivity contribution is -0.380. The van der Waals surface area contributed by atoms with Gasteiger partial charge in [0.05, 0.1) is 9.80 Å². The van der Waals surface area contributed by atoms with E-state index in [0.29, 0.717) is 10.8 Å². The number of anilines is 1. The minimum atomic E-state index is -0.548. The quantitative estimate of drug-likeness (QED) is 0.193. The molecule has 1 N–H and O–H groups in total. The number of nitrogens with one attached hydrogen (secondary N) is 1. The molecule has 174 valence electrons. The van der Waals surface area contributed by atoms with Gasteiger partial charge in [-0.25, -0.2) is 9.37 Å². The third kappa shape index (κ3) is 5.46. The Labute approximate surface area is 203 Å². The molecule has 0 aliphatic carbocycles. The SMILES string of the molecule is CCCCc1ccc(-c2nc(NC(=O)c3ccc([N+](=O)[O-])s3)sc2Oc2ccccc2F)cc1. The van der Waals surface area contributed by atoms with Gasteiger partial charge in [-0.1, -0.05) is 72.4 Å². The fourth-order valence-electron chi connectivity index (χ4n) is 3.16. The van der Waals surface area contributed by atoms with Gasteiger partial charge in [0, 0.05) is 11.6 Å². The van der Waals surface area contributed by atoms with Crippen LogP contribution in [0.15, 0.2) is 60.7 Å². The van der Waals surface area contributed by atoms with Crippen LogP contribution in [0.1, 0.15) is 35.0 Å². The van der Waals surface area contributed by atoms with Crippen LogP contribution in [0.25, 0.3) is 11.3 Å². The predicted molar refractivity (Wildman–Crippen MR) is 132 cm³/mol. The van der Waals surface area contributed by atoms with Gasteiger partial charge in [-0.2, -0.15) is 0 Å². The number of hydrogen-bond acceptors (Lipinski definition) is 7. The lowest BCUT2D eigenvalue weighted by Crippen LogP contribution is -2.09. The molecule has 0 unspecified atom stereocenters. The minimum Gasteiger partial charge on any atom is -0.441 e. The van der Waals surface area contributed by atoms with E-state index in [1.165, 1.54) is 29.8 Å². The molecule has 2 heterocycles. The van der Waals surface area contributed by atoms with E-state index in [0.717, 1.165) is 47.5 Å². The summed E-state index contributed by atoms with van der Waals surface area (Å²) in [6.45, 7) is 2.14. The fraction of sp³-hybridized carbons (Fsp3) is 0.167. The number of carbonyl (C=O) groups excluding carboxylic acids is 1. The van der Waals surface area contributed by atoms with E-state index in [1.807, 2.05) is 24.3 Å². The number of benzene rings is 2. The zero-order valence-corrected chi connectivity index (χ0v) is 19.7. The number of hydrogen-bond donors (Lipinski definition) is 1. The summed E-state index contributed by atoms with van der Waals surface area (Å²) in [5.41, 5.74) is 2.42. The maximum Gasteiger partial charge on any atom is 0.324 e. The normalized spacial score (nSPS) is 10.8. The summed E-state index contributed by atoms with van der Waals surface area (Å²) < 4.78 is 20.1. The molecule has 1 amide bonds. The number of rotatable bonds is 9. The van der Waals surface area contributed by atoms with Gasteiger partial charge in [0.2, 0.25) is 5.06 Å². The van der Waals surface area contributed by atoms with Crippen LogP contribution in [-0.2, 0) is 6.42 Å². The molecule has 0 bridgehead atoms. The van der Waals surface area contributed by atoms with Crippen molar-refractivity contribution in [2.45, 2.75) is 26.2 Å². The van der Waals surface area contributed by atoms with E-state index >= 15 is 0 Å². The molecular weight excluding hydrogens is 477 g/mol. The Balaban J connectivity index is 1.64. The van der Waals surface area contributed by atoms with Crippen molar-refractivity contribution in [3.63, 3.8) is 0 Å². The predicted octanol–water partition coefficient (Wildman–Crippen LogP) is 7.31. The second-order valence-electron chi connectivity index (χ2n) is 7.34. The van der Waals surface area contributed by atoms with Crippen LogP contribution in [0.4, 0.5) is 14.5 Å². The van der Waals surface area contributed by atoms with E-state index in [4.69, 9.17) is 4.74 Å². The smallest absolute Gasteiger partial charge is 0.324 e. The first-order valence-electron chi connectivity index (χ1n) is 10.5. The molecule has 0 aliphatic heterocycles. The van der Waals surface area contributed by atoms with Crippen LogP contribution in [-0.4, -0.2) is 15.8 Å². The average molecular weight is 498 g/mol. The highest BCUT2D eigenvalue weighted by Gasteiger charge is 2.21. The topological polar surface area (TPSA) is 94.4 Å². The van der Waals surface area contributed by atoms with Gasteiger partial charge < -0.3 is 4.74 Å². The van der Waals surface area contributed by atoms with Crippen molar-refractivity contribution in [2.75, 3.05) is 5.32 Å². The number of aromatic nitrogens is 1. The number of aryl methyl sites for hydroxylation is 1. The molecular formula is C24H20FN3O4S2. The Morgan fingerprint density at radius 3 is 2.56 bits per heavy atom. The number of unbranched alkanes of at least 4 members (excludes halogenated alkanes) is 1. The molecule has 0 atom stereocenters. The first kappa shape index (κ1) is 23.5. The zero-order chi connectivity index (χ0) is 24.1. The summed E-state index contributed by atoms with van der Waals surface area (Å²) >= 11 is 1.82. The molecule has 0 saturated carbocycles. The number of amides is 1. The van der Waals surface area contributed by atoms with Gasteiger partial charge in [-0.05, 0) is 36.6 Å². The maximum atomic E-state index is 14.2. The van der Waals surface area contributed by atoms with Crippen molar-refractivity contribution in [1.82, 2.24) is 4.98 Å². The highest BCUT2D eigenvalue weighted by atomic mass is 32.1. The summed E-state index contributed by atoms with van der Waals surface area (Å²) in [5.74, 6) is -1.00. The minimum absolute atomic E-state index is 0.0405. The molecule has 0 aliphatic rings. The standard InChI is InChI=1S/C24H20FN3O4S2/c1-2-3-6-15-9-11-16(12-10-15)21-23(32-18-8-5-4-7-17(18)25)34-24(26-21)27-22(29)19-13-14-20(33-19)28(30)31/h4-5,7-14H,2-3,6H2,1H3,(H,26,27,29). The number of thiazole rings is 1. The lowest BCUT2D eigenvalue weighted by Gasteiger charge is -2.07. The van der Waals surface area contributed by atoms with Gasteiger partial charge in [-0.3, -0.25) is 20.2 Å². The Bertz CT molecular complexity index is 1320. The Hall–Kier alpha value is -3.63. The largest absolute Gasteiger partial charge is 0.441 e. The number of carbonyl (C=O) groups is 1. The first-order chi connectivity index (χ1) is 16.4. The van der Waals surface area contributed by atoms with Crippen LogP contribution < -0.4 is 10.1 Å². The van der Waals surface area contributed by atoms with Crippen molar-refractivity contribution >= 4 is 38.7 Å². The van der Waals surface area contributed by atoms with Crippen LogP contribution in [0.5, 0.6) is 10.8 Å². The van der Waals surface area contributed by atoms with E-state index < -0.39 is 16.6 Å². The molecule has 2 aromatic carbocycles. The number of nitro groups is 1. The van der Waals surface area contributed by atoms with Crippen LogP contribution >= 0.6 is 22.7 Å². The second kappa shape index (κ2) is 10.5. The third-order valence-corrected chi connectivity index (χ3v) is 6.78. The van der Waals surface area contributed by atoms with Crippen molar-refractivity contribution < 1.29 is 18.8 Å². The number of halogens is 1. The van der Waals surface area contributed by atoms with Crippen molar-refractivity contribution in [2.24, 2.45) is 0 Å². The maximum absolute atomic E-state index is 14.2. The van der Waals surface area contributed by atoms with E-state index in [9.17, 15) is 19.3 Å². The summed E-state index contributed by atoms with van der Waals surface area (Å²) in [7, 11) is 0. The highest BCUT2D eigenvalue weighted by Crippen LogP contribution is 2.41. The van der Waals surface area contributed by atoms with Gasteiger partial charge in [0.1, 0.15) is 5.69 Å². The average Bonchev–Trinajstić information content (AvgIpc) is 3.47. The van der Waals surface area contributed by atoms with Crippen LogP contribution in [0.3, 0.4) is 0 Å². The van der Waals surface area contributed by atoms with E-state index in [1.54, 1.807) is 12.1 Å². The summed E-state index contributed by atoms with van der Waals surface area (Å²) in [6.07, 6.45) is 3.17. The molecule has 0 saturated heterocycles. The molecule has 2 aromatic heterocycles. The lowest BCUT2D eigenvalue weighted by atomic mass is 10.1. The van der Waals surface area contributed by atoms with E-state index in [-0.39, 0.29) is 20.8 Å². The van der Waals surface area contributed by atoms with Crippen molar-refractivity contribution in [3.8, 4) is 22.1 Å². The van der Waals surface area contributed by atoms with Gasteiger partial charge in [0.25, 0.3) is 5.91 Å². The van der Waals surface area contributed by atoms with Gasteiger partial charge in [0.15, 0.2) is 16.7 Å². The third-order valence-electron chi connectivity index (χ3n) is 4.90. The molecule has 0 spiro atoms. The number of nitrogens with zero attached hydrogens (tertiary/aromatic N) is 2. The molecule has 0 radical (unpaired) electrons. The number of para-hydroxylation sites is 1. The molecule has 10 heteroatoms. The highest BCUT2D eigenvalue weighted by molar-refractivity contribution is 7.19. The Morgan fingerprint density at radius 1 is 1.12 bits per heavy atom. The van der Waals surface area contributed by atoms with Gasteiger partial charge in [-0.15, -0.1) is 0 Å². The van der Waals surface area contributed by atoms with E-state index in [2.05, 4.69) is 17.2 Å².